The minimum absolute atomic E-state index is 0.0128. The van der Waals surface area contributed by atoms with Gasteiger partial charge in [-0.05, 0) is 36.2 Å². The van der Waals surface area contributed by atoms with Crippen molar-refractivity contribution in [2.24, 2.45) is 0 Å². The number of halogens is 1. The molecule has 4 rings (SSSR count). The molecular formula is C22H18FN3O2. The molecule has 140 valence electrons. The summed E-state index contributed by atoms with van der Waals surface area (Å²) in [5.74, 6) is 0.672. The lowest BCUT2D eigenvalue weighted by molar-refractivity contribution is 0.306. The quantitative estimate of drug-likeness (QED) is 0.508. The van der Waals surface area contributed by atoms with Crippen molar-refractivity contribution in [1.29, 1.82) is 0 Å². The van der Waals surface area contributed by atoms with E-state index in [2.05, 4.69) is 15.3 Å². The van der Waals surface area contributed by atoms with Gasteiger partial charge in [0.15, 0.2) is 0 Å². The first-order valence-electron chi connectivity index (χ1n) is 8.78. The largest absolute Gasteiger partial charge is 0.508 e. The van der Waals surface area contributed by atoms with Gasteiger partial charge in [-0.1, -0.05) is 30.3 Å². The van der Waals surface area contributed by atoms with Gasteiger partial charge in [0.05, 0.1) is 11.2 Å². The molecule has 1 aromatic heterocycles. The number of phenolic OH excluding ortho intramolecular Hbond substituents is 1. The molecule has 5 nitrogen and oxygen atoms in total. The molecular weight excluding hydrogens is 357 g/mol. The first kappa shape index (κ1) is 17.7. The monoisotopic (exact) mass is 375 g/mol. The number of ether oxygens (including phenoxy) is 1. The van der Waals surface area contributed by atoms with Crippen molar-refractivity contribution in [1.82, 2.24) is 9.97 Å². The normalized spacial score (nSPS) is 10.8. The van der Waals surface area contributed by atoms with Crippen molar-refractivity contribution in [3.63, 3.8) is 0 Å². The Morgan fingerprint density at radius 2 is 1.86 bits per heavy atom. The summed E-state index contributed by atoms with van der Waals surface area (Å²) in [4.78, 5) is 8.49. The van der Waals surface area contributed by atoms with Crippen LogP contribution in [0.25, 0.3) is 10.9 Å². The summed E-state index contributed by atoms with van der Waals surface area (Å²) in [5.41, 5.74) is 2.35. The predicted octanol–water partition coefficient (Wildman–Crippen LogP) is 5.11. The number of benzene rings is 3. The van der Waals surface area contributed by atoms with Crippen LogP contribution in [0.3, 0.4) is 0 Å². The van der Waals surface area contributed by atoms with E-state index in [-0.39, 0.29) is 11.4 Å². The molecule has 0 radical (unpaired) electrons. The van der Waals surface area contributed by atoms with Gasteiger partial charge in [0.25, 0.3) is 0 Å². The highest BCUT2D eigenvalue weighted by Crippen LogP contribution is 2.30. The van der Waals surface area contributed by atoms with Crippen LogP contribution in [-0.2, 0) is 6.61 Å². The molecule has 0 aliphatic carbocycles. The third-order valence-corrected chi connectivity index (χ3v) is 4.39. The minimum atomic E-state index is -0.468. The smallest absolute Gasteiger partial charge is 0.147 e. The SMILES string of the molecule is Cc1cc(F)c(Nc2ncnc3cc(OCc4ccccc4)ccc23)cc1O. The molecule has 1 heterocycles. The molecule has 0 spiro atoms. The van der Waals surface area contributed by atoms with Crippen molar-refractivity contribution in [2.45, 2.75) is 13.5 Å². The number of fused-ring (bicyclic) bond motifs is 1. The number of phenols is 1. The van der Waals surface area contributed by atoms with Crippen molar-refractivity contribution >= 4 is 22.4 Å². The van der Waals surface area contributed by atoms with Crippen molar-refractivity contribution in [3.05, 3.63) is 83.9 Å². The van der Waals surface area contributed by atoms with Crippen molar-refractivity contribution in [3.8, 4) is 11.5 Å². The fourth-order valence-corrected chi connectivity index (χ4v) is 2.85. The summed E-state index contributed by atoms with van der Waals surface area (Å²) in [7, 11) is 0. The molecule has 2 N–H and O–H groups in total. The van der Waals surface area contributed by atoms with Crippen LogP contribution < -0.4 is 10.1 Å². The van der Waals surface area contributed by atoms with E-state index >= 15 is 0 Å². The molecule has 0 saturated heterocycles. The highest BCUT2D eigenvalue weighted by molar-refractivity contribution is 5.91. The number of aryl methyl sites for hydroxylation is 1. The van der Waals surface area contributed by atoms with Gasteiger partial charge >= 0.3 is 0 Å². The van der Waals surface area contributed by atoms with E-state index in [1.807, 2.05) is 48.5 Å². The number of aromatic hydroxyl groups is 1. The van der Waals surface area contributed by atoms with Gasteiger partial charge < -0.3 is 15.2 Å². The molecule has 0 aliphatic rings. The number of nitrogens with zero attached hydrogens (tertiary/aromatic N) is 2. The molecule has 28 heavy (non-hydrogen) atoms. The molecule has 3 aromatic carbocycles. The Morgan fingerprint density at radius 3 is 2.68 bits per heavy atom. The highest BCUT2D eigenvalue weighted by atomic mass is 19.1. The van der Waals surface area contributed by atoms with E-state index in [0.717, 1.165) is 5.56 Å². The zero-order valence-corrected chi connectivity index (χ0v) is 15.2. The molecule has 0 saturated carbocycles. The van der Waals surface area contributed by atoms with Crippen LogP contribution in [0.5, 0.6) is 11.5 Å². The Hall–Kier alpha value is -3.67. The second kappa shape index (κ2) is 7.52. The van der Waals surface area contributed by atoms with E-state index in [4.69, 9.17) is 4.74 Å². The lowest BCUT2D eigenvalue weighted by Crippen LogP contribution is -1.99. The highest BCUT2D eigenvalue weighted by Gasteiger charge is 2.11. The molecule has 0 bridgehead atoms. The maximum atomic E-state index is 14.2. The van der Waals surface area contributed by atoms with Crippen LogP contribution >= 0.6 is 0 Å². The number of rotatable bonds is 5. The third kappa shape index (κ3) is 3.71. The Morgan fingerprint density at radius 1 is 1.04 bits per heavy atom. The molecule has 0 atom stereocenters. The fourth-order valence-electron chi connectivity index (χ4n) is 2.85. The third-order valence-electron chi connectivity index (χ3n) is 4.39. The van der Waals surface area contributed by atoms with Gasteiger partial charge in [0.1, 0.15) is 36.1 Å². The van der Waals surface area contributed by atoms with Crippen molar-refractivity contribution in [2.75, 3.05) is 5.32 Å². The Kier molecular flexibility index (Phi) is 4.76. The minimum Gasteiger partial charge on any atom is -0.508 e. The molecule has 6 heteroatoms. The Bertz CT molecular complexity index is 1130. The van der Waals surface area contributed by atoms with E-state index < -0.39 is 5.82 Å². The summed E-state index contributed by atoms with van der Waals surface area (Å²) in [6.45, 7) is 2.09. The van der Waals surface area contributed by atoms with E-state index in [1.54, 1.807) is 6.92 Å². The average molecular weight is 375 g/mol. The Labute approximate surface area is 161 Å². The van der Waals surface area contributed by atoms with Crippen LogP contribution in [0.2, 0.25) is 0 Å². The van der Waals surface area contributed by atoms with Gasteiger partial charge in [-0.15, -0.1) is 0 Å². The molecule has 4 aromatic rings. The summed E-state index contributed by atoms with van der Waals surface area (Å²) < 4.78 is 20.0. The van der Waals surface area contributed by atoms with E-state index in [1.165, 1.54) is 18.5 Å². The Balaban J connectivity index is 1.60. The molecule has 0 aliphatic heterocycles. The standard InChI is InChI=1S/C22H18FN3O2/c1-14-9-18(23)20(11-21(14)27)26-22-17-8-7-16(10-19(17)24-13-25-22)28-12-15-5-3-2-4-6-15/h2-11,13,27H,12H2,1H3,(H,24,25,26). The summed E-state index contributed by atoms with van der Waals surface area (Å²) in [6.07, 6.45) is 1.40. The second-order valence-electron chi connectivity index (χ2n) is 6.42. The van der Waals surface area contributed by atoms with Gasteiger partial charge in [-0.3, -0.25) is 0 Å². The van der Waals surface area contributed by atoms with Crippen LogP contribution in [0, 0.1) is 12.7 Å². The molecule has 0 unspecified atom stereocenters. The van der Waals surface area contributed by atoms with Crippen LogP contribution in [0.1, 0.15) is 11.1 Å². The van der Waals surface area contributed by atoms with Gasteiger partial charge in [0, 0.05) is 17.5 Å². The van der Waals surface area contributed by atoms with Crippen LogP contribution in [0.15, 0.2) is 67.0 Å². The summed E-state index contributed by atoms with van der Waals surface area (Å²) >= 11 is 0. The van der Waals surface area contributed by atoms with Gasteiger partial charge in [-0.25, -0.2) is 14.4 Å². The number of nitrogens with one attached hydrogen (secondary N) is 1. The fraction of sp³-hybridized carbons (Fsp3) is 0.0909. The molecule has 0 fully saturated rings. The first-order valence-corrected chi connectivity index (χ1v) is 8.78. The number of aromatic nitrogens is 2. The topological polar surface area (TPSA) is 67.3 Å². The predicted molar refractivity (Wildman–Crippen MR) is 106 cm³/mol. The van der Waals surface area contributed by atoms with E-state index in [0.29, 0.717) is 34.6 Å². The lowest BCUT2D eigenvalue weighted by atomic mass is 10.2. The van der Waals surface area contributed by atoms with Crippen LogP contribution in [0.4, 0.5) is 15.9 Å². The van der Waals surface area contributed by atoms with Gasteiger partial charge in [-0.2, -0.15) is 0 Å². The lowest BCUT2D eigenvalue weighted by Gasteiger charge is -2.12. The first-order chi connectivity index (χ1) is 13.6. The zero-order chi connectivity index (χ0) is 19.5. The second-order valence-corrected chi connectivity index (χ2v) is 6.42. The number of anilines is 2. The number of hydrogen-bond acceptors (Lipinski definition) is 5. The maximum absolute atomic E-state index is 14.2. The van der Waals surface area contributed by atoms with Crippen molar-refractivity contribution < 1.29 is 14.2 Å². The summed E-state index contributed by atoms with van der Waals surface area (Å²) in [6, 6.07) is 18.0. The van der Waals surface area contributed by atoms with E-state index in [9.17, 15) is 9.50 Å². The maximum Gasteiger partial charge on any atom is 0.147 e. The van der Waals surface area contributed by atoms with Crippen LogP contribution in [-0.4, -0.2) is 15.1 Å². The zero-order valence-electron chi connectivity index (χ0n) is 15.2. The average Bonchev–Trinajstić information content (AvgIpc) is 2.71. The summed E-state index contributed by atoms with van der Waals surface area (Å²) in [5, 5.41) is 13.5. The number of hydrogen-bond donors (Lipinski definition) is 2. The molecule has 0 amide bonds. The van der Waals surface area contributed by atoms with Gasteiger partial charge in [0.2, 0.25) is 0 Å².